The summed E-state index contributed by atoms with van der Waals surface area (Å²) in [6.07, 6.45) is 12.9. The number of halogens is 1. The lowest BCUT2D eigenvalue weighted by Crippen LogP contribution is -2.53. The van der Waals surface area contributed by atoms with Crippen molar-refractivity contribution in [1.82, 2.24) is 35.5 Å². The van der Waals surface area contributed by atoms with Crippen molar-refractivity contribution in [2.45, 2.75) is 104 Å². The number of pyridine rings is 1. The first-order valence-corrected chi connectivity index (χ1v) is 15.8. The van der Waals surface area contributed by atoms with E-state index < -0.39 is 6.04 Å². The normalized spacial score (nSPS) is 17.5. The molecule has 11 heteroatoms. The Bertz CT molecular complexity index is 1350. The van der Waals surface area contributed by atoms with Gasteiger partial charge in [-0.1, -0.05) is 81.0 Å². The van der Waals surface area contributed by atoms with Crippen LogP contribution in [0.3, 0.4) is 0 Å². The third-order valence-electron chi connectivity index (χ3n) is 9.14. The van der Waals surface area contributed by atoms with Gasteiger partial charge < -0.3 is 10.6 Å². The summed E-state index contributed by atoms with van der Waals surface area (Å²) < 4.78 is 1.60. The summed E-state index contributed by atoms with van der Waals surface area (Å²) in [5, 5.41) is 21.8. The van der Waals surface area contributed by atoms with Crippen molar-refractivity contribution in [3.8, 4) is 11.1 Å². The fourth-order valence-electron chi connectivity index (χ4n) is 7.15. The molecule has 0 unspecified atom stereocenters. The number of H-pyrrole nitrogens is 1. The molecule has 2 fully saturated rings. The fraction of sp³-hybridized carbons (Fsp3) is 0.613. The highest BCUT2D eigenvalue weighted by molar-refractivity contribution is 6.32. The number of carbonyl (C=O) groups is 2. The third kappa shape index (κ3) is 6.53. The number of nitrogens with one attached hydrogen (secondary N) is 3. The zero-order valence-electron chi connectivity index (χ0n) is 25.1. The summed E-state index contributed by atoms with van der Waals surface area (Å²) in [7, 11) is 0. The first-order valence-electron chi connectivity index (χ1n) is 15.4. The summed E-state index contributed by atoms with van der Waals surface area (Å²) in [5.74, 6) is 0.530. The van der Waals surface area contributed by atoms with Crippen LogP contribution in [-0.2, 0) is 4.79 Å². The van der Waals surface area contributed by atoms with Crippen molar-refractivity contribution in [2.75, 3.05) is 5.32 Å². The van der Waals surface area contributed by atoms with Crippen LogP contribution < -0.4 is 10.6 Å². The summed E-state index contributed by atoms with van der Waals surface area (Å²) in [6, 6.07) is 2.85. The molecule has 3 aromatic heterocycles. The second-order valence-corrected chi connectivity index (χ2v) is 12.7. The molecular weight excluding hydrogens is 552 g/mol. The maximum Gasteiger partial charge on any atom is 0.271 e. The number of hydrogen-bond acceptors (Lipinski definition) is 6. The molecule has 10 nitrogen and oxygen atoms in total. The number of nitrogens with zero attached hydrogens (tertiary/aromatic N) is 5. The number of anilines is 1. The lowest BCUT2D eigenvalue weighted by atomic mass is 9.66. The third-order valence-corrected chi connectivity index (χ3v) is 9.42. The Morgan fingerprint density at radius 2 is 1.64 bits per heavy atom. The second kappa shape index (κ2) is 13.4. The fourth-order valence-corrected chi connectivity index (χ4v) is 7.40. The van der Waals surface area contributed by atoms with Crippen LogP contribution in [0.4, 0.5) is 5.82 Å². The molecule has 0 radical (unpaired) electrons. The van der Waals surface area contributed by atoms with Crippen LogP contribution in [0.1, 0.15) is 106 Å². The van der Waals surface area contributed by atoms with Crippen LogP contribution in [0.25, 0.3) is 11.1 Å². The quantitative estimate of drug-likeness (QED) is 0.245. The maximum absolute atomic E-state index is 14.2. The molecule has 1 atom stereocenters. The number of aryl methyl sites for hydroxylation is 2. The maximum atomic E-state index is 14.2. The van der Waals surface area contributed by atoms with E-state index in [4.69, 9.17) is 11.6 Å². The molecule has 3 N–H and O–H groups in total. The van der Waals surface area contributed by atoms with Gasteiger partial charge >= 0.3 is 0 Å². The van der Waals surface area contributed by atoms with Crippen LogP contribution in [0, 0.1) is 31.6 Å². The van der Waals surface area contributed by atoms with E-state index in [1.54, 1.807) is 10.7 Å². The minimum absolute atomic E-state index is 0.0314. The lowest BCUT2D eigenvalue weighted by molar-refractivity contribution is -0.121. The number of rotatable bonds is 9. The number of hydrogen-bond donors (Lipinski definition) is 3. The van der Waals surface area contributed by atoms with Crippen LogP contribution in [0.15, 0.2) is 18.3 Å². The Balaban J connectivity index is 1.46. The van der Waals surface area contributed by atoms with Gasteiger partial charge in [-0.25, -0.2) is 9.67 Å². The van der Waals surface area contributed by atoms with Gasteiger partial charge in [0.05, 0.1) is 11.9 Å². The van der Waals surface area contributed by atoms with Crippen molar-refractivity contribution < 1.29 is 9.59 Å². The number of carbonyl (C=O) groups excluding carboxylic acids is 2. The molecule has 0 aromatic carbocycles. The predicted octanol–water partition coefficient (Wildman–Crippen LogP) is 6.43. The Morgan fingerprint density at radius 1 is 1.00 bits per heavy atom. The Labute approximate surface area is 252 Å². The van der Waals surface area contributed by atoms with E-state index in [0.29, 0.717) is 23.3 Å². The molecule has 226 valence electrons. The van der Waals surface area contributed by atoms with Gasteiger partial charge in [0.15, 0.2) is 0 Å². The molecule has 2 aliphatic rings. The van der Waals surface area contributed by atoms with E-state index in [1.165, 1.54) is 19.0 Å². The molecule has 3 heterocycles. The zero-order chi connectivity index (χ0) is 29.8. The van der Waals surface area contributed by atoms with Crippen LogP contribution in [0.2, 0.25) is 5.15 Å². The summed E-state index contributed by atoms with van der Waals surface area (Å²) >= 11 is 6.64. The first-order chi connectivity index (χ1) is 20.2. The van der Waals surface area contributed by atoms with E-state index in [0.717, 1.165) is 73.9 Å². The number of aromatic amines is 1. The van der Waals surface area contributed by atoms with E-state index in [1.807, 2.05) is 33.8 Å². The smallest absolute Gasteiger partial charge is 0.271 e. The molecule has 2 saturated carbocycles. The Morgan fingerprint density at radius 3 is 2.19 bits per heavy atom. The van der Waals surface area contributed by atoms with E-state index >= 15 is 0 Å². The van der Waals surface area contributed by atoms with Gasteiger partial charge in [0.2, 0.25) is 5.91 Å². The number of aromatic nitrogens is 6. The molecule has 42 heavy (non-hydrogen) atoms. The molecule has 3 aromatic rings. The van der Waals surface area contributed by atoms with E-state index in [9.17, 15) is 9.59 Å². The molecule has 0 bridgehead atoms. The van der Waals surface area contributed by atoms with Crippen molar-refractivity contribution in [2.24, 2.45) is 17.8 Å². The molecule has 0 spiro atoms. The van der Waals surface area contributed by atoms with Gasteiger partial charge in [-0.3, -0.25) is 14.7 Å². The van der Waals surface area contributed by atoms with Crippen molar-refractivity contribution in [1.29, 1.82) is 0 Å². The first kappa shape index (κ1) is 30.2. The monoisotopic (exact) mass is 594 g/mol. The van der Waals surface area contributed by atoms with Gasteiger partial charge in [0.1, 0.15) is 22.7 Å². The molecular formula is C31H43ClN8O2. The topological polar surface area (TPSA) is 130 Å². The largest absolute Gasteiger partial charge is 0.339 e. The Kier molecular flexibility index (Phi) is 9.60. The van der Waals surface area contributed by atoms with Crippen LogP contribution >= 0.6 is 11.6 Å². The van der Waals surface area contributed by atoms with Gasteiger partial charge in [-0.05, 0) is 57.6 Å². The van der Waals surface area contributed by atoms with Crippen molar-refractivity contribution in [3.63, 3.8) is 0 Å². The summed E-state index contributed by atoms with van der Waals surface area (Å²) in [5.41, 5.74) is 3.73. The van der Waals surface area contributed by atoms with Crippen molar-refractivity contribution in [3.05, 3.63) is 40.6 Å². The minimum atomic E-state index is -0.724. The van der Waals surface area contributed by atoms with Gasteiger partial charge in [-0.15, -0.1) is 5.10 Å². The van der Waals surface area contributed by atoms with Crippen molar-refractivity contribution >= 4 is 29.2 Å². The SMILES string of the molecule is Cc1n[nH]c(C)c1-c1ccc(NC(=O)[C@@H](NC(=O)c2cnnn2C(C)C)C(C2CCCCC2)C2CCCCC2)nc1Cl. The summed E-state index contributed by atoms with van der Waals surface area (Å²) in [6.45, 7) is 7.75. The average Bonchev–Trinajstić information content (AvgIpc) is 3.61. The average molecular weight is 595 g/mol. The minimum Gasteiger partial charge on any atom is -0.339 e. The predicted molar refractivity (Wildman–Crippen MR) is 163 cm³/mol. The molecule has 2 aliphatic carbocycles. The zero-order valence-corrected chi connectivity index (χ0v) is 25.9. The highest BCUT2D eigenvalue weighted by Gasteiger charge is 2.41. The molecule has 0 saturated heterocycles. The van der Waals surface area contributed by atoms with Gasteiger partial charge in [0, 0.05) is 22.9 Å². The standard InChI is InChI=1S/C31H43ClN8O2/c1-18(2)40-24(17-33-39-40)30(41)36-28(27(21-11-7-5-8-12-21)22-13-9-6-10-14-22)31(42)35-25-16-15-23(29(32)34-25)26-19(3)37-38-20(26)4/h15-18,21-22,27-28H,5-14H2,1-4H3,(H,36,41)(H,37,38)(H,34,35,42)/t28-/m0/s1. The highest BCUT2D eigenvalue weighted by Crippen LogP contribution is 2.42. The Hall–Kier alpha value is -3.27. The summed E-state index contributed by atoms with van der Waals surface area (Å²) in [4.78, 5) is 32.5. The highest BCUT2D eigenvalue weighted by atomic mass is 35.5. The molecule has 2 amide bonds. The molecule has 0 aliphatic heterocycles. The second-order valence-electron chi connectivity index (χ2n) is 12.3. The van der Waals surface area contributed by atoms with Gasteiger partial charge in [0.25, 0.3) is 5.91 Å². The van der Waals surface area contributed by atoms with Gasteiger partial charge in [-0.2, -0.15) is 5.10 Å². The van der Waals surface area contributed by atoms with Crippen LogP contribution in [-0.4, -0.2) is 48.0 Å². The molecule has 5 rings (SSSR count). The van der Waals surface area contributed by atoms with Crippen LogP contribution in [0.5, 0.6) is 0 Å². The number of amides is 2. The van der Waals surface area contributed by atoms with E-state index in [2.05, 4.69) is 36.1 Å². The lowest BCUT2D eigenvalue weighted by Gasteiger charge is -2.41. The van der Waals surface area contributed by atoms with E-state index in [-0.39, 0.29) is 28.9 Å².